The molecule has 1 fully saturated rings. The fourth-order valence-electron chi connectivity index (χ4n) is 1.56. The number of Topliss-reactive ketones (excluding diaryl/α,β-unsaturated/α-hetero) is 1. The number of carbonyl (C=O) groups is 1. The Labute approximate surface area is 72.7 Å². The molecule has 1 rings (SSSR count). The first-order valence-electron chi connectivity index (χ1n) is 4.49. The largest absolute Gasteiger partial charge is 0.394 e. The average Bonchev–Trinajstić information content (AvgIpc) is 2.07. The SMILES string of the molecule is CC1CC(OCCO)CCC1=O. The van der Waals surface area contributed by atoms with Crippen molar-refractivity contribution >= 4 is 5.78 Å². The molecule has 2 atom stereocenters. The maximum absolute atomic E-state index is 11.1. The smallest absolute Gasteiger partial charge is 0.135 e. The van der Waals surface area contributed by atoms with Gasteiger partial charge in [-0.15, -0.1) is 0 Å². The van der Waals surface area contributed by atoms with Crippen LogP contribution < -0.4 is 0 Å². The third kappa shape index (κ3) is 2.57. The van der Waals surface area contributed by atoms with Gasteiger partial charge in [-0.25, -0.2) is 0 Å². The molecule has 1 saturated carbocycles. The number of carbonyl (C=O) groups excluding carboxylic acids is 1. The summed E-state index contributed by atoms with van der Waals surface area (Å²) in [5, 5.41) is 8.52. The normalized spacial score (nSPS) is 30.7. The van der Waals surface area contributed by atoms with Crippen LogP contribution >= 0.6 is 0 Å². The summed E-state index contributed by atoms with van der Waals surface area (Å²) >= 11 is 0. The minimum atomic E-state index is 0.0683. The minimum Gasteiger partial charge on any atom is -0.394 e. The molecule has 0 bridgehead atoms. The lowest BCUT2D eigenvalue weighted by atomic mass is 9.87. The van der Waals surface area contributed by atoms with Crippen LogP contribution in [-0.2, 0) is 9.53 Å². The third-order valence-corrected chi connectivity index (χ3v) is 2.32. The summed E-state index contributed by atoms with van der Waals surface area (Å²) in [4.78, 5) is 11.1. The van der Waals surface area contributed by atoms with Crippen LogP contribution in [0.1, 0.15) is 26.2 Å². The molecule has 0 aromatic carbocycles. The van der Waals surface area contributed by atoms with E-state index < -0.39 is 0 Å². The Morgan fingerprint density at radius 2 is 2.42 bits per heavy atom. The molecule has 0 aliphatic heterocycles. The van der Waals surface area contributed by atoms with Crippen molar-refractivity contribution in [1.82, 2.24) is 0 Å². The van der Waals surface area contributed by atoms with E-state index in [0.717, 1.165) is 12.8 Å². The lowest BCUT2D eigenvalue weighted by Gasteiger charge is -2.25. The van der Waals surface area contributed by atoms with Gasteiger partial charge in [0.1, 0.15) is 5.78 Å². The molecule has 3 nitrogen and oxygen atoms in total. The molecule has 0 saturated heterocycles. The van der Waals surface area contributed by atoms with Gasteiger partial charge in [-0.05, 0) is 12.8 Å². The van der Waals surface area contributed by atoms with E-state index in [-0.39, 0.29) is 18.6 Å². The summed E-state index contributed by atoms with van der Waals surface area (Å²) in [5.41, 5.74) is 0. The van der Waals surface area contributed by atoms with Gasteiger partial charge in [0.15, 0.2) is 0 Å². The monoisotopic (exact) mass is 172 g/mol. The summed E-state index contributed by atoms with van der Waals surface area (Å²) in [5.74, 6) is 0.487. The van der Waals surface area contributed by atoms with Crippen molar-refractivity contribution in [3.05, 3.63) is 0 Å². The highest BCUT2D eigenvalue weighted by atomic mass is 16.5. The van der Waals surface area contributed by atoms with Gasteiger partial charge in [-0.3, -0.25) is 4.79 Å². The Morgan fingerprint density at radius 3 is 3.00 bits per heavy atom. The first-order valence-corrected chi connectivity index (χ1v) is 4.49. The molecule has 0 radical (unpaired) electrons. The van der Waals surface area contributed by atoms with Gasteiger partial charge < -0.3 is 9.84 Å². The molecule has 2 unspecified atom stereocenters. The van der Waals surface area contributed by atoms with Crippen LogP contribution in [-0.4, -0.2) is 30.2 Å². The van der Waals surface area contributed by atoms with E-state index in [1.54, 1.807) is 0 Å². The second-order valence-corrected chi connectivity index (χ2v) is 3.36. The summed E-state index contributed by atoms with van der Waals surface area (Å²) in [6.45, 7) is 2.40. The van der Waals surface area contributed by atoms with E-state index >= 15 is 0 Å². The topological polar surface area (TPSA) is 46.5 Å². The number of aliphatic hydroxyl groups is 1. The van der Waals surface area contributed by atoms with Crippen LogP contribution in [0.25, 0.3) is 0 Å². The molecule has 0 amide bonds. The molecular formula is C9H16O3. The van der Waals surface area contributed by atoms with Crippen LogP contribution in [0.4, 0.5) is 0 Å². The number of ketones is 1. The van der Waals surface area contributed by atoms with Gasteiger partial charge in [0.25, 0.3) is 0 Å². The maximum Gasteiger partial charge on any atom is 0.135 e. The molecule has 0 aromatic heterocycles. The zero-order valence-electron chi connectivity index (χ0n) is 7.45. The predicted molar refractivity (Wildman–Crippen MR) is 44.8 cm³/mol. The highest BCUT2D eigenvalue weighted by molar-refractivity contribution is 5.81. The number of hydrogen-bond donors (Lipinski definition) is 1. The molecule has 70 valence electrons. The molecule has 1 aliphatic carbocycles. The quantitative estimate of drug-likeness (QED) is 0.683. The summed E-state index contributed by atoms with van der Waals surface area (Å²) < 4.78 is 5.35. The van der Waals surface area contributed by atoms with E-state index in [9.17, 15) is 4.79 Å². The molecule has 1 N–H and O–H groups in total. The van der Waals surface area contributed by atoms with Gasteiger partial charge in [0.2, 0.25) is 0 Å². The zero-order chi connectivity index (χ0) is 8.97. The highest BCUT2D eigenvalue weighted by Gasteiger charge is 2.25. The van der Waals surface area contributed by atoms with Crippen molar-refractivity contribution in [3.63, 3.8) is 0 Å². The summed E-state index contributed by atoms with van der Waals surface area (Å²) in [6.07, 6.45) is 2.46. The Hall–Kier alpha value is -0.410. The summed E-state index contributed by atoms with van der Waals surface area (Å²) in [7, 11) is 0. The number of hydrogen-bond acceptors (Lipinski definition) is 3. The average molecular weight is 172 g/mol. The molecule has 3 heteroatoms. The Bertz CT molecular complexity index is 156. The Kier molecular flexibility index (Phi) is 3.69. The van der Waals surface area contributed by atoms with E-state index in [2.05, 4.69) is 0 Å². The van der Waals surface area contributed by atoms with Crippen molar-refractivity contribution in [2.24, 2.45) is 5.92 Å². The standard InChI is InChI=1S/C9H16O3/c1-7-6-8(12-5-4-10)2-3-9(7)11/h7-8,10H,2-6H2,1H3. The predicted octanol–water partition coefficient (Wildman–Crippen LogP) is 0.753. The van der Waals surface area contributed by atoms with Gasteiger partial charge in [0, 0.05) is 12.3 Å². The van der Waals surface area contributed by atoms with Crippen molar-refractivity contribution in [2.75, 3.05) is 13.2 Å². The van der Waals surface area contributed by atoms with Crippen LogP contribution in [0.2, 0.25) is 0 Å². The van der Waals surface area contributed by atoms with Crippen molar-refractivity contribution < 1.29 is 14.6 Å². The lowest BCUT2D eigenvalue weighted by Crippen LogP contribution is -2.28. The lowest BCUT2D eigenvalue weighted by molar-refractivity contribution is -0.127. The van der Waals surface area contributed by atoms with Gasteiger partial charge in [0.05, 0.1) is 19.3 Å². The van der Waals surface area contributed by atoms with E-state index in [1.807, 2.05) is 6.92 Å². The summed E-state index contributed by atoms with van der Waals surface area (Å²) in [6, 6.07) is 0. The van der Waals surface area contributed by atoms with Crippen molar-refractivity contribution in [1.29, 1.82) is 0 Å². The fraction of sp³-hybridized carbons (Fsp3) is 0.889. The van der Waals surface area contributed by atoms with Crippen LogP contribution in [0, 0.1) is 5.92 Å². The first-order chi connectivity index (χ1) is 5.74. The number of rotatable bonds is 3. The second-order valence-electron chi connectivity index (χ2n) is 3.36. The van der Waals surface area contributed by atoms with Crippen LogP contribution in [0.15, 0.2) is 0 Å². The molecule has 0 heterocycles. The number of ether oxygens (including phenoxy) is 1. The first kappa shape index (κ1) is 9.68. The van der Waals surface area contributed by atoms with Crippen LogP contribution in [0.5, 0.6) is 0 Å². The second kappa shape index (κ2) is 4.58. The molecule has 0 spiro atoms. The number of aliphatic hydroxyl groups excluding tert-OH is 1. The van der Waals surface area contributed by atoms with Crippen molar-refractivity contribution in [2.45, 2.75) is 32.3 Å². The van der Waals surface area contributed by atoms with Gasteiger partial charge in [-0.1, -0.05) is 6.92 Å². The minimum absolute atomic E-state index is 0.0683. The molecule has 1 aliphatic rings. The van der Waals surface area contributed by atoms with E-state index in [1.165, 1.54) is 0 Å². The maximum atomic E-state index is 11.1. The van der Waals surface area contributed by atoms with Crippen LogP contribution in [0.3, 0.4) is 0 Å². The van der Waals surface area contributed by atoms with E-state index in [4.69, 9.17) is 9.84 Å². The van der Waals surface area contributed by atoms with Gasteiger partial charge >= 0.3 is 0 Å². The van der Waals surface area contributed by atoms with Gasteiger partial charge in [-0.2, -0.15) is 0 Å². The molecule has 12 heavy (non-hydrogen) atoms. The molecule has 0 aromatic rings. The Balaban J connectivity index is 2.25. The highest BCUT2D eigenvalue weighted by Crippen LogP contribution is 2.22. The Morgan fingerprint density at radius 1 is 1.67 bits per heavy atom. The molecular weight excluding hydrogens is 156 g/mol. The zero-order valence-corrected chi connectivity index (χ0v) is 7.45. The van der Waals surface area contributed by atoms with E-state index in [0.29, 0.717) is 18.8 Å². The van der Waals surface area contributed by atoms with Crippen molar-refractivity contribution in [3.8, 4) is 0 Å². The third-order valence-electron chi connectivity index (χ3n) is 2.32. The fourth-order valence-corrected chi connectivity index (χ4v) is 1.56.